The summed E-state index contributed by atoms with van der Waals surface area (Å²) in [5.74, 6) is -0.348. The first-order chi connectivity index (χ1) is 7.27. The third-order valence-corrected chi connectivity index (χ3v) is 2.23. The number of nitrogens with zero attached hydrogens (tertiary/aromatic N) is 1. The Hall–Kier alpha value is -1.74. The van der Waals surface area contributed by atoms with Crippen molar-refractivity contribution in [2.75, 3.05) is 0 Å². The molecule has 0 amide bonds. The highest BCUT2D eigenvalue weighted by atomic mass is 19.1. The van der Waals surface area contributed by atoms with Crippen molar-refractivity contribution >= 4 is 0 Å². The number of benzene rings is 1. The average Bonchev–Trinajstić information content (AvgIpc) is 2.30. The van der Waals surface area contributed by atoms with E-state index in [-0.39, 0.29) is 11.9 Å². The minimum atomic E-state index is -0.348. The minimum absolute atomic E-state index is 0.299. The summed E-state index contributed by atoms with van der Waals surface area (Å²) < 4.78 is 12.6. The fourth-order valence-electron chi connectivity index (χ4n) is 1.40. The predicted octanol–water partition coefficient (Wildman–Crippen LogP) is 2.27. The van der Waals surface area contributed by atoms with Crippen LogP contribution in [0.2, 0.25) is 0 Å². The summed E-state index contributed by atoms with van der Waals surface area (Å²) in [6.07, 6.45) is 1.18. The summed E-state index contributed by atoms with van der Waals surface area (Å²) in [6.45, 7) is 0. The van der Waals surface area contributed by atoms with Gasteiger partial charge in [-0.3, -0.25) is 4.98 Å². The van der Waals surface area contributed by atoms with E-state index in [0.717, 1.165) is 5.56 Å². The van der Waals surface area contributed by atoms with Crippen LogP contribution in [0.1, 0.15) is 17.3 Å². The number of rotatable bonds is 2. The lowest BCUT2D eigenvalue weighted by Crippen LogP contribution is -2.13. The molecular weight excluding hydrogens is 191 g/mol. The fraction of sp³-hybridized carbons (Fsp3) is 0.0833. The van der Waals surface area contributed by atoms with E-state index in [9.17, 15) is 4.39 Å². The molecule has 1 heterocycles. The molecule has 0 fully saturated rings. The van der Waals surface area contributed by atoms with Crippen LogP contribution in [0.5, 0.6) is 0 Å². The number of pyridine rings is 1. The fourth-order valence-corrected chi connectivity index (χ4v) is 1.40. The van der Waals surface area contributed by atoms with Crippen molar-refractivity contribution in [2.24, 2.45) is 5.73 Å². The topological polar surface area (TPSA) is 38.9 Å². The highest BCUT2D eigenvalue weighted by Gasteiger charge is 2.09. The molecule has 2 nitrogen and oxygen atoms in total. The van der Waals surface area contributed by atoms with Gasteiger partial charge in [-0.05, 0) is 17.7 Å². The summed E-state index contributed by atoms with van der Waals surface area (Å²) in [4.78, 5) is 3.95. The van der Waals surface area contributed by atoms with Gasteiger partial charge in [-0.2, -0.15) is 0 Å². The first-order valence-corrected chi connectivity index (χ1v) is 4.69. The first kappa shape index (κ1) is 9.80. The van der Waals surface area contributed by atoms with Gasteiger partial charge in [0.15, 0.2) is 0 Å². The molecule has 0 saturated carbocycles. The second-order valence-electron chi connectivity index (χ2n) is 3.29. The second kappa shape index (κ2) is 4.19. The molecule has 1 unspecified atom stereocenters. The third-order valence-electron chi connectivity index (χ3n) is 2.23. The van der Waals surface area contributed by atoms with Gasteiger partial charge in [0.25, 0.3) is 0 Å². The summed E-state index contributed by atoms with van der Waals surface area (Å²) in [6, 6.07) is 12.3. The van der Waals surface area contributed by atoms with Crippen molar-refractivity contribution in [1.29, 1.82) is 0 Å². The molecule has 2 aromatic rings. The molecule has 3 heteroatoms. The quantitative estimate of drug-likeness (QED) is 0.811. The second-order valence-corrected chi connectivity index (χ2v) is 3.29. The Labute approximate surface area is 87.6 Å². The standard InChI is InChI=1S/C12H11FN2/c13-10-6-7-11(15-8-10)12(14)9-4-2-1-3-5-9/h1-8,12H,14H2. The summed E-state index contributed by atoms with van der Waals surface area (Å²) in [5, 5.41) is 0. The molecule has 2 rings (SSSR count). The van der Waals surface area contributed by atoms with Crippen molar-refractivity contribution in [2.45, 2.75) is 6.04 Å². The molecule has 0 aliphatic carbocycles. The summed E-state index contributed by atoms with van der Waals surface area (Å²) in [7, 11) is 0. The van der Waals surface area contributed by atoms with E-state index in [4.69, 9.17) is 5.73 Å². The number of hydrogen-bond acceptors (Lipinski definition) is 2. The van der Waals surface area contributed by atoms with Gasteiger partial charge in [0.05, 0.1) is 17.9 Å². The first-order valence-electron chi connectivity index (χ1n) is 4.69. The highest BCUT2D eigenvalue weighted by molar-refractivity contribution is 5.26. The van der Waals surface area contributed by atoms with Crippen molar-refractivity contribution < 1.29 is 4.39 Å². The molecule has 1 aromatic heterocycles. The zero-order valence-corrected chi connectivity index (χ0v) is 8.10. The molecule has 0 saturated heterocycles. The van der Waals surface area contributed by atoms with Crippen LogP contribution in [-0.4, -0.2) is 4.98 Å². The van der Waals surface area contributed by atoms with Crippen LogP contribution in [0.3, 0.4) is 0 Å². The van der Waals surface area contributed by atoms with Crippen molar-refractivity contribution in [3.8, 4) is 0 Å². The van der Waals surface area contributed by atoms with Crippen LogP contribution >= 0.6 is 0 Å². The van der Waals surface area contributed by atoms with E-state index in [1.165, 1.54) is 12.3 Å². The SMILES string of the molecule is NC(c1ccccc1)c1ccc(F)cn1. The molecule has 0 radical (unpaired) electrons. The Morgan fingerprint density at radius 1 is 1.07 bits per heavy atom. The number of nitrogens with two attached hydrogens (primary N) is 1. The van der Waals surface area contributed by atoms with Crippen molar-refractivity contribution in [3.05, 3.63) is 65.7 Å². The highest BCUT2D eigenvalue weighted by Crippen LogP contribution is 2.16. The van der Waals surface area contributed by atoms with Crippen LogP contribution in [-0.2, 0) is 0 Å². The van der Waals surface area contributed by atoms with E-state index in [2.05, 4.69) is 4.98 Å². The van der Waals surface area contributed by atoms with Gasteiger partial charge in [0.2, 0.25) is 0 Å². The summed E-state index contributed by atoms with van der Waals surface area (Å²) in [5.41, 5.74) is 7.62. The molecule has 0 spiro atoms. The van der Waals surface area contributed by atoms with Gasteiger partial charge in [0.1, 0.15) is 5.82 Å². The Kier molecular flexibility index (Phi) is 2.74. The van der Waals surface area contributed by atoms with Gasteiger partial charge in [-0.1, -0.05) is 30.3 Å². The summed E-state index contributed by atoms with van der Waals surface area (Å²) >= 11 is 0. The van der Waals surface area contributed by atoms with Crippen LogP contribution in [0.25, 0.3) is 0 Å². The molecule has 15 heavy (non-hydrogen) atoms. The van der Waals surface area contributed by atoms with Crippen LogP contribution in [0.4, 0.5) is 4.39 Å². The largest absolute Gasteiger partial charge is 0.319 e. The Morgan fingerprint density at radius 2 is 1.80 bits per heavy atom. The Bertz CT molecular complexity index is 425. The molecule has 2 N–H and O–H groups in total. The average molecular weight is 202 g/mol. The molecule has 0 bridgehead atoms. The minimum Gasteiger partial charge on any atom is -0.319 e. The molecule has 1 aromatic carbocycles. The predicted molar refractivity (Wildman–Crippen MR) is 56.7 cm³/mol. The Morgan fingerprint density at radius 3 is 2.40 bits per heavy atom. The van der Waals surface area contributed by atoms with Crippen LogP contribution in [0, 0.1) is 5.82 Å². The zero-order chi connectivity index (χ0) is 10.7. The monoisotopic (exact) mass is 202 g/mol. The maximum atomic E-state index is 12.6. The van der Waals surface area contributed by atoms with Crippen LogP contribution < -0.4 is 5.73 Å². The van der Waals surface area contributed by atoms with E-state index in [1.54, 1.807) is 6.07 Å². The third kappa shape index (κ3) is 2.19. The maximum Gasteiger partial charge on any atom is 0.141 e. The lowest BCUT2D eigenvalue weighted by atomic mass is 10.0. The number of halogens is 1. The number of hydrogen-bond donors (Lipinski definition) is 1. The van der Waals surface area contributed by atoms with Crippen LogP contribution in [0.15, 0.2) is 48.7 Å². The molecular formula is C12H11FN2. The van der Waals surface area contributed by atoms with E-state index < -0.39 is 0 Å². The lowest BCUT2D eigenvalue weighted by molar-refractivity contribution is 0.617. The number of aromatic nitrogens is 1. The molecule has 0 aliphatic rings. The molecule has 0 aliphatic heterocycles. The van der Waals surface area contributed by atoms with E-state index in [1.807, 2.05) is 30.3 Å². The van der Waals surface area contributed by atoms with Gasteiger partial charge >= 0.3 is 0 Å². The lowest BCUT2D eigenvalue weighted by Gasteiger charge is -2.10. The van der Waals surface area contributed by atoms with E-state index in [0.29, 0.717) is 5.69 Å². The molecule has 1 atom stereocenters. The van der Waals surface area contributed by atoms with Crippen molar-refractivity contribution in [3.63, 3.8) is 0 Å². The van der Waals surface area contributed by atoms with Gasteiger partial charge in [0, 0.05) is 0 Å². The van der Waals surface area contributed by atoms with Gasteiger partial charge in [-0.25, -0.2) is 4.39 Å². The smallest absolute Gasteiger partial charge is 0.141 e. The zero-order valence-electron chi connectivity index (χ0n) is 8.10. The Balaban J connectivity index is 2.29. The van der Waals surface area contributed by atoms with Crippen molar-refractivity contribution in [1.82, 2.24) is 4.98 Å². The maximum absolute atomic E-state index is 12.6. The van der Waals surface area contributed by atoms with Gasteiger partial charge in [-0.15, -0.1) is 0 Å². The van der Waals surface area contributed by atoms with Gasteiger partial charge < -0.3 is 5.73 Å². The normalized spacial score (nSPS) is 12.4. The van der Waals surface area contributed by atoms with E-state index >= 15 is 0 Å². The molecule has 76 valence electrons.